The number of piperazine rings is 1. The summed E-state index contributed by atoms with van der Waals surface area (Å²) in [6, 6.07) is 16.9. The lowest BCUT2D eigenvalue weighted by molar-refractivity contribution is -0.117. The highest BCUT2D eigenvalue weighted by molar-refractivity contribution is 6.09. The Morgan fingerprint density at radius 1 is 1.03 bits per heavy atom. The van der Waals surface area contributed by atoms with E-state index in [1.54, 1.807) is 6.20 Å². The van der Waals surface area contributed by atoms with Gasteiger partial charge in [0, 0.05) is 55.8 Å². The quantitative estimate of drug-likeness (QED) is 0.0813. The number of fused-ring (bicyclic) bond motifs is 1. The number of carbonyl (C=O) groups is 4. The molecular formula is C24H31N9O4. The average molecular weight is 510 g/mol. The van der Waals surface area contributed by atoms with E-state index in [1.165, 1.54) is 6.92 Å². The zero-order valence-corrected chi connectivity index (χ0v) is 20.4. The first-order chi connectivity index (χ1) is 17.9. The third-order valence-electron chi connectivity index (χ3n) is 5.01. The van der Waals surface area contributed by atoms with Gasteiger partial charge in [-0.15, -0.1) is 5.10 Å². The number of aromatic nitrogens is 1. The molecule has 0 unspecified atom stereocenters. The number of benzene rings is 2. The van der Waals surface area contributed by atoms with Crippen molar-refractivity contribution < 1.29 is 19.2 Å². The number of imide groups is 1. The number of hydrogen-bond donors (Lipinski definition) is 7. The molecule has 0 spiro atoms. The number of rotatable bonds is 3. The van der Waals surface area contributed by atoms with Gasteiger partial charge >= 0.3 is 0 Å². The Hall–Kier alpha value is -4.75. The first kappa shape index (κ1) is 28.5. The van der Waals surface area contributed by atoms with E-state index in [2.05, 4.69) is 31.5 Å². The Morgan fingerprint density at radius 2 is 1.68 bits per heavy atom. The van der Waals surface area contributed by atoms with E-state index in [1.807, 2.05) is 59.5 Å². The fourth-order valence-electron chi connectivity index (χ4n) is 3.29. The fourth-order valence-corrected chi connectivity index (χ4v) is 3.29. The second-order valence-electron chi connectivity index (χ2n) is 7.55. The molecule has 0 aliphatic carbocycles. The summed E-state index contributed by atoms with van der Waals surface area (Å²) in [5, 5.41) is 11.5. The van der Waals surface area contributed by atoms with E-state index in [0.717, 1.165) is 42.6 Å². The topological polar surface area (TPSA) is 200 Å². The van der Waals surface area contributed by atoms with Gasteiger partial charge < -0.3 is 21.0 Å². The van der Waals surface area contributed by atoms with Crippen molar-refractivity contribution in [1.29, 1.82) is 0 Å². The summed E-state index contributed by atoms with van der Waals surface area (Å²) < 4.78 is 0. The molecule has 196 valence electrons. The van der Waals surface area contributed by atoms with Crippen LogP contribution < -0.4 is 33.1 Å². The van der Waals surface area contributed by atoms with Gasteiger partial charge in [0.15, 0.2) is 0 Å². The number of nitrogens with two attached hydrogens (primary N) is 2. The molecule has 1 aliphatic rings. The van der Waals surface area contributed by atoms with Crippen molar-refractivity contribution >= 4 is 41.0 Å². The first-order valence-corrected chi connectivity index (χ1v) is 11.3. The molecule has 4 amide bonds. The summed E-state index contributed by atoms with van der Waals surface area (Å²) in [7, 11) is 0. The summed E-state index contributed by atoms with van der Waals surface area (Å²) in [6.45, 7) is 4.75. The molecule has 0 atom stereocenters. The van der Waals surface area contributed by atoms with Crippen LogP contribution in [0, 0.1) is 0 Å². The lowest BCUT2D eigenvalue weighted by Gasteiger charge is -2.27. The van der Waals surface area contributed by atoms with Gasteiger partial charge in [-0.25, -0.2) is 5.84 Å². The minimum Gasteiger partial charge on any atom is -0.360 e. The highest BCUT2D eigenvalue weighted by Crippen LogP contribution is 2.17. The summed E-state index contributed by atoms with van der Waals surface area (Å²) >= 11 is 0. The zero-order chi connectivity index (χ0) is 27.0. The van der Waals surface area contributed by atoms with Crippen LogP contribution in [-0.4, -0.2) is 66.2 Å². The van der Waals surface area contributed by atoms with Crippen molar-refractivity contribution in [3.05, 3.63) is 71.9 Å². The molecule has 0 saturated carbocycles. The highest BCUT2D eigenvalue weighted by atomic mass is 16.2. The number of aromatic amines is 1. The second kappa shape index (κ2) is 15.3. The largest absolute Gasteiger partial charge is 0.360 e. The summed E-state index contributed by atoms with van der Waals surface area (Å²) in [4.78, 5) is 48.4. The summed E-state index contributed by atoms with van der Waals surface area (Å²) in [5.41, 5.74) is 4.22. The average Bonchev–Trinajstić information content (AvgIpc) is 3.37. The van der Waals surface area contributed by atoms with Crippen molar-refractivity contribution in [2.24, 2.45) is 16.8 Å². The van der Waals surface area contributed by atoms with Crippen molar-refractivity contribution in [3.63, 3.8) is 0 Å². The minimum absolute atomic E-state index is 0.0440. The molecule has 1 fully saturated rings. The van der Waals surface area contributed by atoms with Crippen molar-refractivity contribution in [2.75, 3.05) is 26.2 Å². The number of carbonyl (C=O) groups excluding carboxylic acids is 4. The van der Waals surface area contributed by atoms with Crippen LogP contribution in [0.4, 0.5) is 0 Å². The van der Waals surface area contributed by atoms with E-state index in [9.17, 15) is 19.2 Å². The molecule has 2 aromatic carbocycles. The van der Waals surface area contributed by atoms with Crippen LogP contribution in [0.1, 0.15) is 27.6 Å². The number of amides is 4. The maximum atomic E-state index is 11.9. The van der Waals surface area contributed by atoms with E-state index in [-0.39, 0.29) is 17.8 Å². The van der Waals surface area contributed by atoms with Gasteiger partial charge in [0.05, 0.1) is 5.56 Å². The molecule has 2 heterocycles. The third-order valence-corrected chi connectivity index (χ3v) is 5.01. The molecule has 1 aromatic heterocycles. The molecule has 37 heavy (non-hydrogen) atoms. The van der Waals surface area contributed by atoms with Gasteiger partial charge in [0.2, 0.25) is 18.3 Å². The Balaban J connectivity index is 0.000000201. The lowest BCUT2D eigenvalue weighted by atomic mass is 10.2. The van der Waals surface area contributed by atoms with Gasteiger partial charge in [-0.2, -0.15) is 0 Å². The SMILES string of the molecule is CC(=O)N/C(=N/N)NN.O=C(c1ccccc1)N1CCNCC1.O=CNC(=O)c1c[nH]c2ccccc12. The number of guanidine groups is 1. The van der Waals surface area contributed by atoms with Crippen LogP contribution in [0.5, 0.6) is 0 Å². The lowest BCUT2D eigenvalue weighted by Crippen LogP contribution is -2.46. The predicted octanol–water partition coefficient (Wildman–Crippen LogP) is -0.398. The number of nitrogens with one attached hydrogen (secondary N) is 5. The smallest absolute Gasteiger partial charge is 0.259 e. The summed E-state index contributed by atoms with van der Waals surface area (Å²) in [5.74, 6) is 9.14. The molecule has 3 aromatic rings. The third kappa shape index (κ3) is 9.08. The molecule has 13 nitrogen and oxygen atoms in total. The number of H-pyrrole nitrogens is 1. The maximum absolute atomic E-state index is 11.9. The van der Waals surface area contributed by atoms with E-state index >= 15 is 0 Å². The fraction of sp³-hybridized carbons (Fsp3) is 0.208. The van der Waals surface area contributed by atoms with Crippen LogP contribution in [0.2, 0.25) is 0 Å². The zero-order valence-electron chi connectivity index (χ0n) is 20.4. The monoisotopic (exact) mass is 509 g/mol. The Morgan fingerprint density at radius 3 is 2.24 bits per heavy atom. The predicted molar refractivity (Wildman–Crippen MR) is 140 cm³/mol. The van der Waals surface area contributed by atoms with Gasteiger partial charge in [0.25, 0.3) is 11.8 Å². The number of para-hydroxylation sites is 1. The summed E-state index contributed by atoms with van der Waals surface area (Å²) in [6.07, 6.45) is 1.97. The number of hydrazone groups is 1. The van der Waals surface area contributed by atoms with Gasteiger partial charge in [-0.1, -0.05) is 36.4 Å². The molecule has 0 bridgehead atoms. The molecule has 9 N–H and O–H groups in total. The van der Waals surface area contributed by atoms with Crippen LogP contribution in [0.15, 0.2) is 65.9 Å². The molecule has 1 saturated heterocycles. The van der Waals surface area contributed by atoms with Gasteiger partial charge in [-0.3, -0.25) is 35.2 Å². The number of hydrazine groups is 1. The molecular weight excluding hydrogens is 478 g/mol. The minimum atomic E-state index is -0.391. The van der Waals surface area contributed by atoms with Gasteiger partial charge in [-0.05, 0) is 18.2 Å². The second-order valence-corrected chi connectivity index (χ2v) is 7.55. The van der Waals surface area contributed by atoms with E-state index < -0.39 is 5.91 Å². The Bertz CT molecular complexity index is 1210. The van der Waals surface area contributed by atoms with Crippen molar-refractivity contribution in [3.8, 4) is 0 Å². The van der Waals surface area contributed by atoms with Crippen LogP contribution in [0.3, 0.4) is 0 Å². The van der Waals surface area contributed by atoms with Crippen LogP contribution >= 0.6 is 0 Å². The highest BCUT2D eigenvalue weighted by Gasteiger charge is 2.17. The Labute approximate surface area is 213 Å². The molecule has 1 aliphatic heterocycles. The van der Waals surface area contributed by atoms with Crippen molar-refractivity contribution in [1.82, 2.24) is 31.3 Å². The molecule has 13 heteroatoms. The molecule has 0 radical (unpaired) electrons. The van der Waals surface area contributed by atoms with Gasteiger partial charge in [0.1, 0.15) is 0 Å². The standard InChI is InChI=1S/C11H14N2O.C10H8N2O2.C3H9N5O/c14-11(10-4-2-1-3-5-10)13-8-6-12-7-9-13;13-6-12-10(14)8-5-11-9-4-2-1-3-7(8)9;1-2(9)6-3(7-4)8-5/h1-5,12H,6-9H2;1-6,11H,(H,12,13,14);4-5H2,1H3,(H2,6,7,8,9). The number of hydrogen-bond acceptors (Lipinski definition) is 8. The first-order valence-electron chi connectivity index (χ1n) is 11.3. The maximum Gasteiger partial charge on any atom is 0.259 e. The van der Waals surface area contributed by atoms with E-state index in [4.69, 9.17) is 11.7 Å². The van der Waals surface area contributed by atoms with Crippen LogP contribution in [-0.2, 0) is 9.59 Å². The van der Waals surface area contributed by atoms with E-state index in [0.29, 0.717) is 12.0 Å². The number of nitrogens with zero attached hydrogens (tertiary/aromatic N) is 2. The molecule has 4 rings (SSSR count). The van der Waals surface area contributed by atoms with Crippen molar-refractivity contribution in [2.45, 2.75) is 6.92 Å². The van der Waals surface area contributed by atoms with Crippen LogP contribution in [0.25, 0.3) is 10.9 Å². The normalized spacial score (nSPS) is 12.7. The Kier molecular flexibility index (Phi) is 11.8.